The van der Waals surface area contributed by atoms with Gasteiger partial charge in [0.25, 0.3) is 5.91 Å². The summed E-state index contributed by atoms with van der Waals surface area (Å²) in [6, 6.07) is 5.94. The first kappa shape index (κ1) is 15.5. The van der Waals surface area contributed by atoms with Gasteiger partial charge in [-0.25, -0.2) is 4.39 Å². The number of carbonyl (C=O) groups excluding carboxylic acids is 1. The van der Waals surface area contributed by atoms with Crippen LogP contribution in [0.1, 0.15) is 16.8 Å². The highest BCUT2D eigenvalue weighted by atomic mass is 19.1. The smallest absolute Gasteiger partial charge is 0.258 e. The Morgan fingerprint density at radius 1 is 1.52 bits per heavy atom. The van der Waals surface area contributed by atoms with E-state index in [4.69, 9.17) is 14.0 Å². The minimum absolute atomic E-state index is 0.157. The molecular weight excluding hydrogens is 303 g/mol. The minimum atomic E-state index is -0.612. The fourth-order valence-corrected chi connectivity index (χ4v) is 2.63. The Bertz CT molecular complexity index is 676. The average Bonchev–Trinajstić information content (AvgIpc) is 3.23. The summed E-state index contributed by atoms with van der Waals surface area (Å²) in [4.78, 5) is 14.0. The zero-order valence-electron chi connectivity index (χ0n) is 12.7. The molecule has 7 heteroatoms. The summed E-state index contributed by atoms with van der Waals surface area (Å²) in [5.41, 5.74) is -0.206. The summed E-state index contributed by atoms with van der Waals surface area (Å²) < 4.78 is 29.1. The van der Waals surface area contributed by atoms with Crippen molar-refractivity contribution >= 4 is 5.91 Å². The quantitative estimate of drug-likeness (QED) is 0.844. The molecule has 1 aromatic carbocycles. The van der Waals surface area contributed by atoms with Crippen molar-refractivity contribution in [2.75, 3.05) is 26.8 Å². The lowest BCUT2D eigenvalue weighted by Crippen LogP contribution is -2.42. The Balaban J connectivity index is 1.64. The summed E-state index contributed by atoms with van der Waals surface area (Å²) >= 11 is 0. The maximum atomic E-state index is 13.2. The monoisotopic (exact) mass is 320 g/mol. The van der Waals surface area contributed by atoms with Gasteiger partial charge in [-0.05, 0) is 18.6 Å². The van der Waals surface area contributed by atoms with Gasteiger partial charge in [0.15, 0.2) is 0 Å². The molecule has 1 amide bonds. The van der Waals surface area contributed by atoms with Crippen molar-refractivity contribution in [1.82, 2.24) is 10.1 Å². The lowest BCUT2D eigenvalue weighted by atomic mass is 10.0. The third-order valence-electron chi connectivity index (χ3n) is 4.01. The standard InChI is InChI=1S/C16H17FN2O4/c1-21-16(11-22-14-4-2-3-13(17)7-14)5-6-19(10-16)15(20)12-8-18-23-9-12/h2-4,7-9H,5-6,10-11H2,1H3/t16-/m1/s1. The van der Waals surface area contributed by atoms with Gasteiger partial charge < -0.3 is 18.9 Å². The maximum Gasteiger partial charge on any atom is 0.258 e. The van der Waals surface area contributed by atoms with Crippen LogP contribution in [0.2, 0.25) is 0 Å². The summed E-state index contributed by atoms with van der Waals surface area (Å²) in [7, 11) is 1.59. The van der Waals surface area contributed by atoms with Crippen LogP contribution in [0, 0.1) is 5.82 Å². The van der Waals surface area contributed by atoms with E-state index in [1.54, 1.807) is 24.1 Å². The van der Waals surface area contributed by atoms with E-state index >= 15 is 0 Å². The molecule has 23 heavy (non-hydrogen) atoms. The summed E-state index contributed by atoms with van der Waals surface area (Å²) in [6.07, 6.45) is 3.34. The lowest BCUT2D eigenvalue weighted by molar-refractivity contribution is -0.0343. The number of methoxy groups -OCH3 is 1. The number of carbonyl (C=O) groups is 1. The molecular formula is C16H17FN2O4. The Morgan fingerprint density at radius 2 is 2.39 bits per heavy atom. The fourth-order valence-electron chi connectivity index (χ4n) is 2.63. The highest BCUT2D eigenvalue weighted by molar-refractivity contribution is 5.93. The predicted molar refractivity (Wildman–Crippen MR) is 78.7 cm³/mol. The molecule has 1 fully saturated rings. The Hall–Kier alpha value is -2.41. The van der Waals surface area contributed by atoms with Gasteiger partial charge in [-0.3, -0.25) is 4.79 Å². The molecule has 0 radical (unpaired) electrons. The van der Waals surface area contributed by atoms with Crippen molar-refractivity contribution in [2.24, 2.45) is 0 Å². The lowest BCUT2D eigenvalue weighted by Gasteiger charge is -2.27. The largest absolute Gasteiger partial charge is 0.490 e. The molecule has 1 aliphatic rings. The molecule has 1 atom stereocenters. The Morgan fingerprint density at radius 3 is 3.09 bits per heavy atom. The molecule has 0 N–H and O–H groups in total. The number of benzene rings is 1. The van der Waals surface area contributed by atoms with E-state index in [1.165, 1.54) is 24.6 Å². The average molecular weight is 320 g/mol. The van der Waals surface area contributed by atoms with Crippen LogP contribution in [-0.2, 0) is 4.74 Å². The summed E-state index contributed by atoms with van der Waals surface area (Å²) in [5, 5.41) is 3.54. The molecule has 0 saturated carbocycles. The molecule has 2 aromatic rings. The van der Waals surface area contributed by atoms with E-state index in [0.717, 1.165) is 0 Å². The first-order chi connectivity index (χ1) is 11.1. The Kier molecular flexibility index (Phi) is 4.29. The number of rotatable bonds is 5. The normalized spacial score (nSPS) is 20.7. The van der Waals surface area contributed by atoms with Crippen LogP contribution < -0.4 is 4.74 Å². The maximum absolute atomic E-state index is 13.2. The number of aromatic nitrogens is 1. The molecule has 6 nitrogen and oxygen atoms in total. The molecule has 0 spiro atoms. The highest BCUT2D eigenvalue weighted by Gasteiger charge is 2.41. The number of amides is 1. The fraction of sp³-hybridized carbons (Fsp3) is 0.375. The van der Waals surface area contributed by atoms with Crippen LogP contribution in [0.3, 0.4) is 0 Å². The number of ether oxygens (including phenoxy) is 2. The number of hydrogen-bond acceptors (Lipinski definition) is 5. The van der Waals surface area contributed by atoms with Crippen LogP contribution in [0.5, 0.6) is 5.75 Å². The van der Waals surface area contributed by atoms with Crippen molar-refractivity contribution in [1.29, 1.82) is 0 Å². The van der Waals surface area contributed by atoms with Gasteiger partial charge in [-0.1, -0.05) is 11.2 Å². The number of hydrogen-bond donors (Lipinski definition) is 0. The van der Waals surface area contributed by atoms with E-state index < -0.39 is 5.60 Å². The van der Waals surface area contributed by atoms with Crippen molar-refractivity contribution in [3.05, 3.63) is 48.1 Å². The molecule has 0 aliphatic carbocycles. The van der Waals surface area contributed by atoms with Crippen molar-refractivity contribution in [3.8, 4) is 5.75 Å². The van der Waals surface area contributed by atoms with Gasteiger partial charge in [0.1, 0.15) is 30.0 Å². The second kappa shape index (κ2) is 6.37. The molecule has 3 rings (SSSR count). The van der Waals surface area contributed by atoms with Gasteiger partial charge in [0.05, 0.1) is 18.3 Å². The van der Waals surface area contributed by atoms with Gasteiger partial charge in [0, 0.05) is 19.7 Å². The zero-order chi connectivity index (χ0) is 16.3. The zero-order valence-corrected chi connectivity index (χ0v) is 12.7. The van der Waals surface area contributed by atoms with Gasteiger partial charge in [-0.15, -0.1) is 0 Å². The highest BCUT2D eigenvalue weighted by Crippen LogP contribution is 2.27. The number of likely N-dealkylation sites (tertiary alicyclic amines) is 1. The molecule has 0 unspecified atom stereocenters. The summed E-state index contributed by atoms with van der Waals surface area (Å²) in [5.74, 6) is -0.0779. The van der Waals surface area contributed by atoms with E-state index in [2.05, 4.69) is 5.16 Å². The molecule has 1 aromatic heterocycles. The van der Waals surface area contributed by atoms with E-state index in [1.807, 2.05) is 0 Å². The van der Waals surface area contributed by atoms with Gasteiger partial charge in [-0.2, -0.15) is 0 Å². The predicted octanol–water partition coefficient (Wildman–Crippen LogP) is 2.12. The minimum Gasteiger partial charge on any atom is -0.490 e. The van der Waals surface area contributed by atoms with E-state index in [0.29, 0.717) is 30.8 Å². The Labute approximate surface area is 132 Å². The molecule has 1 saturated heterocycles. The van der Waals surface area contributed by atoms with Gasteiger partial charge in [0.2, 0.25) is 0 Å². The molecule has 2 heterocycles. The number of nitrogens with zero attached hydrogens (tertiary/aromatic N) is 2. The molecule has 0 bridgehead atoms. The van der Waals surface area contributed by atoms with Gasteiger partial charge >= 0.3 is 0 Å². The van der Waals surface area contributed by atoms with E-state index in [9.17, 15) is 9.18 Å². The molecule has 1 aliphatic heterocycles. The van der Waals surface area contributed by atoms with Crippen LogP contribution in [0.25, 0.3) is 0 Å². The van der Waals surface area contributed by atoms with Crippen LogP contribution in [-0.4, -0.2) is 48.4 Å². The van der Waals surface area contributed by atoms with Crippen LogP contribution >= 0.6 is 0 Å². The van der Waals surface area contributed by atoms with Crippen molar-refractivity contribution in [3.63, 3.8) is 0 Å². The SMILES string of the molecule is CO[C@]1(COc2cccc(F)c2)CCN(C(=O)c2cnoc2)C1. The first-order valence-electron chi connectivity index (χ1n) is 7.24. The topological polar surface area (TPSA) is 64.8 Å². The third kappa shape index (κ3) is 3.34. The second-order valence-electron chi connectivity index (χ2n) is 5.52. The molecule has 122 valence electrons. The first-order valence-corrected chi connectivity index (χ1v) is 7.24. The van der Waals surface area contributed by atoms with Crippen molar-refractivity contribution in [2.45, 2.75) is 12.0 Å². The van der Waals surface area contributed by atoms with Crippen molar-refractivity contribution < 1.29 is 23.2 Å². The van der Waals surface area contributed by atoms with Crippen LogP contribution in [0.4, 0.5) is 4.39 Å². The van der Waals surface area contributed by atoms with E-state index in [-0.39, 0.29) is 18.3 Å². The summed E-state index contributed by atoms with van der Waals surface area (Å²) in [6.45, 7) is 1.17. The number of halogens is 1. The second-order valence-corrected chi connectivity index (χ2v) is 5.52. The van der Waals surface area contributed by atoms with Crippen LogP contribution in [0.15, 0.2) is 41.2 Å². The third-order valence-corrected chi connectivity index (χ3v) is 4.01.